The number of carbonyl (C=O) groups excluding carboxylic acids is 2. The van der Waals surface area contributed by atoms with Crippen LogP contribution in [0, 0.1) is 11.3 Å². The van der Waals surface area contributed by atoms with Crippen LogP contribution in [0.5, 0.6) is 0 Å². The van der Waals surface area contributed by atoms with E-state index in [0.717, 1.165) is 13.2 Å². The highest BCUT2D eigenvalue weighted by atomic mass is 19.4. The van der Waals surface area contributed by atoms with E-state index in [1.807, 2.05) is 6.07 Å². The summed E-state index contributed by atoms with van der Waals surface area (Å²) in [4.78, 5) is 24.3. The standard InChI is InChI=1S/C19H12F3N5O3/c1-30-18(29)13-3-2-12(19(20,21)22)8-15(13)24-17(28)14-4-5-16(26-25-14)27-7-6-11(9-23)10-27/h2-8,10H,1H3,(H,24,28). The number of nitriles is 1. The Kier molecular flexibility index (Phi) is 5.50. The summed E-state index contributed by atoms with van der Waals surface area (Å²) in [5, 5.41) is 18.7. The molecule has 11 heteroatoms. The number of nitrogens with one attached hydrogen (secondary N) is 1. The van der Waals surface area contributed by atoms with Gasteiger partial charge in [0, 0.05) is 12.4 Å². The quantitative estimate of drug-likeness (QED) is 0.656. The van der Waals surface area contributed by atoms with Crippen LogP contribution >= 0.6 is 0 Å². The number of esters is 1. The monoisotopic (exact) mass is 415 g/mol. The highest BCUT2D eigenvalue weighted by Crippen LogP contribution is 2.32. The van der Waals surface area contributed by atoms with Crippen LogP contribution in [0.4, 0.5) is 18.9 Å². The van der Waals surface area contributed by atoms with Crippen LogP contribution in [0.1, 0.15) is 32.0 Å². The Morgan fingerprint density at radius 1 is 1.17 bits per heavy atom. The molecular formula is C19H12F3N5O3. The smallest absolute Gasteiger partial charge is 0.416 e. The first-order valence-corrected chi connectivity index (χ1v) is 8.26. The molecule has 8 nitrogen and oxygen atoms in total. The maximum absolute atomic E-state index is 13.0. The molecule has 0 atom stereocenters. The number of aromatic nitrogens is 3. The molecule has 0 aliphatic heterocycles. The van der Waals surface area contributed by atoms with E-state index in [1.165, 1.54) is 22.9 Å². The van der Waals surface area contributed by atoms with E-state index >= 15 is 0 Å². The second kappa shape index (κ2) is 8.04. The number of ether oxygens (including phenoxy) is 1. The van der Waals surface area contributed by atoms with Crippen molar-refractivity contribution < 1.29 is 27.5 Å². The number of anilines is 1. The molecule has 0 aliphatic rings. The molecule has 1 aromatic carbocycles. The SMILES string of the molecule is COC(=O)c1ccc(C(F)(F)F)cc1NC(=O)c1ccc(-n2ccc(C#N)c2)nn1. The number of hydrogen-bond acceptors (Lipinski definition) is 6. The fourth-order valence-corrected chi connectivity index (χ4v) is 2.49. The molecule has 2 heterocycles. The van der Waals surface area contributed by atoms with Gasteiger partial charge in [-0.05, 0) is 36.4 Å². The molecule has 3 aromatic rings. The molecule has 0 spiro atoms. The average Bonchev–Trinajstić information content (AvgIpc) is 3.22. The number of alkyl halides is 3. The van der Waals surface area contributed by atoms with E-state index in [1.54, 1.807) is 12.3 Å². The number of benzene rings is 1. The van der Waals surface area contributed by atoms with Crippen LogP contribution in [0.2, 0.25) is 0 Å². The number of hydrogen-bond donors (Lipinski definition) is 1. The van der Waals surface area contributed by atoms with Gasteiger partial charge in [-0.1, -0.05) is 0 Å². The molecule has 0 saturated heterocycles. The van der Waals surface area contributed by atoms with Crippen molar-refractivity contribution in [2.45, 2.75) is 6.18 Å². The molecule has 0 aliphatic carbocycles. The van der Waals surface area contributed by atoms with E-state index in [4.69, 9.17) is 5.26 Å². The van der Waals surface area contributed by atoms with Crippen LogP contribution in [-0.4, -0.2) is 33.8 Å². The largest absolute Gasteiger partial charge is 0.465 e. The van der Waals surface area contributed by atoms with E-state index < -0.39 is 23.6 Å². The van der Waals surface area contributed by atoms with E-state index in [2.05, 4.69) is 20.3 Å². The highest BCUT2D eigenvalue weighted by Gasteiger charge is 2.32. The minimum absolute atomic E-state index is 0.195. The summed E-state index contributed by atoms with van der Waals surface area (Å²) in [6.07, 6.45) is -1.59. The summed E-state index contributed by atoms with van der Waals surface area (Å²) in [5.74, 6) is -1.47. The van der Waals surface area contributed by atoms with Crippen molar-refractivity contribution in [2.75, 3.05) is 12.4 Å². The minimum atomic E-state index is -4.67. The molecule has 2 aromatic heterocycles. The van der Waals surface area contributed by atoms with Crippen molar-refractivity contribution in [2.24, 2.45) is 0 Å². The van der Waals surface area contributed by atoms with Crippen molar-refractivity contribution in [1.82, 2.24) is 14.8 Å². The normalized spacial score (nSPS) is 10.9. The van der Waals surface area contributed by atoms with E-state index in [-0.39, 0.29) is 16.9 Å². The average molecular weight is 415 g/mol. The number of carbonyl (C=O) groups is 2. The predicted molar refractivity (Wildman–Crippen MR) is 96.8 cm³/mol. The summed E-state index contributed by atoms with van der Waals surface area (Å²) >= 11 is 0. The second-order valence-electron chi connectivity index (χ2n) is 5.90. The Morgan fingerprint density at radius 2 is 1.93 bits per heavy atom. The zero-order chi connectivity index (χ0) is 21.9. The first-order chi connectivity index (χ1) is 14.2. The lowest BCUT2D eigenvalue weighted by Gasteiger charge is -2.13. The molecule has 152 valence electrons. The summed E-state index contributed by atoms with van der Waals surface area (Å²) in [5.41, 5.74) is -1.47. The van der Waals surface area contributed by atoms with Gasteiger partial charge in [-0.15, -0.1) is 10.2 Å². The molecule has 0 radical (unpaired) electrons. The van der Waals surface area contributed by atoms with Gasteiger partial charge in [0.1, 0.15) is 6.07 Å². The van der Waals surface area contributed by atoms with Crippen LogP contribution in [0.3, 0.4) is 0 Å². The topological polar surface area (TPSA) is 110 Å². The molecule has 30 heavy (non-hydrogen) atoms. The zero-order valence-electron chi connectivity index (χ0n) is 15.3. The number of methoxy groups -OCH3 is 1. The molecule has 0 bridgehead atoms. The number of amides is 1. The van der Waals surface area contributed by atoms with Crippen molar-refractivity contribution in [3.8, 4) is 11.9 Å². The number of rotatable bonds is 4. The molecular weight excluding hydrogens is 403 g/mol. The van der Waals surface area contributed by atoms with Crippen molar-refractivity contribution in [3.05, 3.63) is 71.2 Å². The summed E-state index contributed by atoms with van der Waals surface area (Å²) in [6.45, 7) is 0. The van der Waals surface area contributed by atoms with Crippen molar-refractivity contribution in [1.29, 1.82) is 5.26 Å². The fourth-order valence-electron chi connectivity index (χ4n) is 2.49. The lowest BCUT2D eigenvalue weighted by atomic mass is 10.1. The molecule has 0 fully saturated rings. The molecule has 1 amide bonds. The van der Waals surface area contributed by atoms with Crippen molar-refractivity contribution >= 4 is 17.6 Å². The van der Waals surface area contributed by atoms with Gasteiger partial charge in [0.2, 0.25) is 0 Å². The Balaban J connectivity index is 1.87. The first kappa shape index (κ1) is 20.5. The minimum Gasteiger partial charge on any atom is -0.465 e. The molecule has 3 rings (SSSR count). The van der Waals surface area contributed by atoms with Gasteiger partial charge in [0.15, 0.2) is 11.5 Å². The number of nitrogens with zero attached hydrogens (tertiary/aromatic N) is 4. The maximum Gasteiger partial charge on any atom is 0.416 e. The molecule has 0 saturated carbocycles. The van der Waals surface area contributed by atoms with Crippen LogP contribution in [0.15, 0.2) is 48.8 Å². The van der Waals surface area contributed by atoms with Crippen molar-refractivity contribution in [3.63, 3.8) is 0 Å². The fraction of sp³-hybridized carbons (Fsp3) is 0.105. The van der Waals surface area contributed by atoms with Crippen LogP contribution in [-0.2, 0) is 10.9 Å². The van der Waals surface area contributed by atoms with Gasteiger partial charge in [0.05, 0.1) is 29.5 Å². The third kappa shape index (κ3) is 4.27. The summed E-state index contributed by atoms with van der Waals surface area (Å²) < 4.78 is 45.1. The third-order valence-corrected chi connectivity index (χ3v) is 3.97. The Morgan fingerprint density at radius 3 is 2.50 bits per heavy atom. The van der Waals surface area contributed by atoms with Gasteiger partial charge in [0.25, 0.3) is 5.91 Å². The van der Waals surface area contributed by atoms with E-state index in [9.17, 15) is 22.8 Å². The lowest BCUT2D eigenvalue weighted by Crippen LogP contribution is -2.18. The van der Waals surface area contributed by atoms with Gasteiger partial charge in [-0.3, -0.25) is 4.79 Å². The zero-order valence-corrected chi connectivity index (χ0v) is 15.3. The Bertz CT molecular complexity index is 1150. The Labute approximate surface area is 167 Å². The van der Waals surface area contributed by atoms with Gasteiger partial charge in [-0.25, -0.2) is 4.79 Å². The van der Waals surface area contributed by atoms with Gasteiger partial charge in [-0.2, -0.15) is 18.4 Å². The third-order valence-electron chi connectivity index (χ3n) is 3.97. The summed E-state index contributed by atoms with van der Waals surface area (Å²) in [7, 11) is 1.06. The molecule has 1 N–H and O–H groups in total. The summed E-state index contributed by atoms with van der Waals surface area (Å²) in [6, 6.07) is 8.52. The predicted octanol–water partition coefficient (Wildman–Crippen LogP) is 3.20. The Hall–Kier alpha value is -4.20. The van der Waals surface area contributed by atoms with Gasteiger partial charge >= 0.3 is 12.1 Å². The van der Waals surface area contributed by atoms with Gasteiger partial charge < -0.3 is 14.6 Å². The maximum atomic E-state index is 13.0. The first-order valence-electron chi connectivity index (χ1n) is 8.26. The van der Waals surface area contributed by atoms with E-state index in [0.29, 0.717) is 23.5 Å². The highest BCUT2D eigenvalue weighted by molar-refractivity contribution is 6.07. The number of halogens is 3. The van der Waals surface area contributed by atoms with Crippen LogP contribution in [0.25, 0.3) is 5.82 Å². The lowest BCUT2D eigenvalue weighted by molar-refractivity contribution is -0.137. The van der Waals surface area contributed by atoms with Crippen LogP contribution < -0.4 is 5.32 Å². The second-order valence-corrected chi connectivity index (χ2v) is 5.90. The molecule has 0 unspecified atom stereocenters.